The van der Waals surface area contributed by atoms with Crippen molar-refractivity contribution in [2.45, 2.75) is 25.0 Å². The molecule has 1 atom stereocenters. The summed E-state index contributed by atoms with van der Waals surface area (Å²) in [5.41, 5.74) is 2.82. The fourth-order valence-electron chi connectivity index (χ4n) is 3.09. The first kappa shape index (κ1) is 19.3. The van der Waals surface area contributed by atoms with Crippen molar-refractivity contribution in [3.05, 3.63) is 71.6 Å². The van der Waals surface area contributed by atoms with Crippen LogP contribution in [0.5, 0.6) is 5.75 Å². The molecule has 1 unspecified atom stereocenters. The number of oxazole rings is 1. The highest BCUT2D eigenvalue weighted by atomic mass is 32.2. The zero-order valence-corrected chi connectivity index (χ0v) is 16.7. The maximum atomic E-state index is 11.7. The second-order valence-corrected chi connectivity index (χ2v) is 7.89. The molecular weight excluding hydrogens is 388 g/mol. The summed E-state index contributed by atoms with van der Waals surface area (Å²) in [6.07, 6.45) is 1.16. The molecule has 0 spiro atoms. The Morgan fingerprint density at radius 1 is 1.10 bits per heavy atom. The highest BCUT2D eigenvalue weighted by molar-refractivity contribution is 8.15. The number of nitrogens with zero attached hydrogens (tertiary/aromatic N) is 1. The molecule has 2 aromatic carbocycles. The predicted molar refractivity (Wildman–Crippen MR) is 111 cm³/mol. The molecule has 6 nitrogen and oxygen atoms in total. The van der Waals surface area contributed by atoms with Crippen molar-refractivity contribution < 1.29 is 18.7 Å². The molecule has 2 amide bonds. The van der Waals surface area contributed by atoms with Crippen molar-refractivity contribution in [2.75, 3.05) is 6.61 Å². The van der Waals surface area contributed by atoms with Crippen LogP contribution in [0.3, 0.4) is 0 Å². The second-order valence-electron chi connectivity index (χ2n) is 6.72. The Morgan fingerprint density at radius 2 is 1.86 bits per heavy atom. The summed E-state index contributed by atoms with van der Waals surface area (Å²) in [7, 11) is 0. The van der Waals surface area contributed by atoms with Crippen molar-refractivity contribution in [3.8, 4) is 17.2 Å². The monoisotopic (exact) mass is 408 g/mol. The van der Waals surface area contributed by atoms with E-state index in [2.05, 4.69) is 10.3 Å². The van der Waals surface area contributed by atoms with Gasteiger partial charge in [-0.3, -0.25) is 14.9 Å². The van der Waals surface area contributed by atoms with E-state index in [0.717, 1.165) is 40.1 Å². The van der Waals surface area contributed by atoms with E-state index in [1.165, 1.54) is 0 Å². The van der Waals surface area contributed by atoms with Crippen LogP contribution in [0.2, 0.25) is 0 Å². The van der Waals surface area contributed by atoms with Gasteiger partial charge in [0.2, 0.25) is 11.8 Å². The lowest BCUT2D eigenvalue weighted by molar-refractivity contribution is -0.118. The summed E-state index contributed by atoms with van der Waals surface area (Å²) in [5.74, 6) is 1.94. The van der Waals surface area contributed by atoms with Crippen molar-refractivity contribution in [2.24, 2.45) is 0 Å². The van der Waals surface area contributed by atoms with E-state index in [9.17, 15) is 9.59 Å². The molecular formula is C22H20N2O4S. The highest BCUT2D eigenvalue weighted by Crippen LogP contribution is 2.24. The van der Waals surface area contributed by atoms with E-state index >= 15 is 0 Å². The molecule has 1 N–H and O–H groups in total. The number of hydrogen-bond acceptors (Lipinski definition) is 6. The molecule has 7 heteroatoms. The Balaban J connectivity index is 1.30. The van der Waals surface area contributed by atoms with Gasteiger partial charge in [-0.15, -0.1) is 0 Å². The zero-order valence-electron chi connectivity index (χ0n) is 15.9. The molecule has 0 bridgehead atoms. The minimum absolute atomic E-state index is 0.224. The predicted octanol–water partition coefficient (Wildman–Crippen LogP) is 4.17. The van der Waals surface area contributed by atoms with Gasteiger partial charge in [-0.1, -0.05) is 42.1 Å². The van der Waals surface area contributed by atoms with Crippen molar-refractivity contribution in [3.63, 3.8) is 0 Å². The molecule has 1 saturated heterocycles. The molecule has 0 radical (unpaired) electrons. The van der Waals surface area contributed by atoms with Gasteiger partial charge in [0.05, 0.1) is 17.6 Å². The first-order valence-electron chi connectivity index (χ1n) is 9.33. The normalized spacial score (nSPS) is 16.1. The Hall–Kier alpha value is -3.06. The Morgan fingerprint density at radius 3 is 2.55 bits per heavy atom. The molecule has 2 heterocycles. The van der Waals surface area contributed by atoms with Gasteiger partial charge in [-0.25, -0.2) is 4.98 Å². The van der Waals surface area contributed by atoms with Gasteiger partial charge in [0, 0.05) is 12.0 Å². The third kappa shape index (κ3) is 4.68. The number of carbonyl (C=O) groups excluding carboxylic acids is 2. The van der Waals surface area contributed by atoms with E-state index in [-0.39, 0.29) is 16.4 Å². The number of thioether (sulfide) groups is 1. The molecule has 1 fully saturated rings. The maximum absolute atomic E-state index is 11.7. The van der Waals surface area contributed by atoms with Crippen LogP contribution in [0, 0.1) is 6.92 Å². The Kier molecular flexibility index (Phi) is 5.67. The molecule has 0 aliphatic carbocycles. The van der Waals surface area contributed by atoms with Crippen LogP contribution in [-0.4, -0.2) is 28.0 Å². The fourth-order valence-corrected chi connectivity index (χ4v) is 3.95. The number of nitrogens with one attached hydrogen (secondary N) is 1. The van der Waals surface area contributed by atoms with E-state index in [0.29, 0.717) is 25.3 Å². The quantitative estimate of drug-likeness (QED) is 0.632. The smallest absolute Gasteiger partial charge is 0.286 e. The van der Waals surface area contributed by atoms with Crippen LogP contribution in [0.4, 0.5) is 4.79 Å². The number of benzene rings is 2. The summed E-state index contributed by atoms with van der Waals surface area (Å²) in [6, 6.07) is 17.4. The van der Waals surface area contributed by atoms with Gasteiger partial charge in [0.25, 0.3) is 5.24 Å². The average Bonchev–Trinajstić information content (AvgIpc) is 3.25. The second kappa shape index (κ2) is 8.53. The lowest BCUT2D eigenvalue weighted by atomic mass is 10.1. The summed E-state index contributed by atoms with van der Waals surface area (Å²) in [6.45, 7) is 2.39. The van der Waals surface area contributed by atoms with E-state index in [1.807, 2.05) is 61.5 Å². The number of hydrogen-bond donors (Lipinski definition) is 1. The van der Waals surface area contributed by atoms with Crippen LogP contribution < -0.4 is 10.1 Å². The Bertz CT molecular complexity index is 1020. The standard InChI is InChI=1S/C22H20N2O4S/c1-14-18(23-21(28-14)16-5-3-2-4-6-16)11-12-27-17-9-7-15(8-10-17)13-19-20(25)24-22(26)29-19/h2-10,19H,11-13H2,1H3,(H,24,25,26). The van der Waals surface area contributed by atoms with Crippen molar-refractivity contribution in [1.29, 1.82) is 0 Å². The van der Waals surface area contributed by atoms with Gasteiger partial charge in [-0.05, 0) is 43.2 Å². The fraction of sp³-hybridized carbons (Fsp3) is 0.227. The first-order chi connectivity index (χ1) is 14.1. The van der Waals surface area contributed by atoms with Gasteiger partial charge in [0.15, 0.2) is 0 Å². The lowest BCUT2D eigenvalue weighted by Crippen LogP contribution is -2.25. The largest absolute Gasteiger partial charge is 0.493 e. The maximum Gasteiger partial charge on any atom is 0.286 e. The molecule has 3 aromatic rings. The minimum Gasteiger partial charge on any atom is -0.493 e. The third-order valence-corrected chi connectivity index (χ3v) is 5.61. The molecule has 29 heavy (non-hydrogen) atoms. The summed E-state index contributed by atoms with van der Waals surface area (Å²) < 4.78 is 11.6. The molecule has 1 aliphatic rings. The molecule has 148 valence electrons. The van der Waals surface area contributed by atoms with Crippen LogP contribution >= 0.6 is 11.8 Å². The van der Waals surface area contributed by atoms with Crippen molar-refractivity contribution >= 4 is 22.9 Å². The molecule has 4 rings (SSSR count). The number of imide groups is 1. The average molecular weight is 408 g/mol. The topological polar surface area (TPSA) is 81.4 Å². The van der Waals surface area contributed by atoms with Gasteiger partial charge in [0.1, 0.15) is 11.5 Å². The zero-order chi connectivity index (χ0) is 20.2. The number of ether oxygens (including phenoxy) is 1. The summed E-state index contributed by atoms with van der Waals surface area (Å²) in [5, 5.41) is 1.67. The SMILES string of the molecule is Cc1oc(-c2ccccc2)nc1CCOc1ccc(CC2SC(=O)NC2=O)cc1. The summed E-state index contributed by atoms with van der Waals surface area (Å²) in [4.78, 5) is 27.5. The van der Waals surface area contributed by atoms with Crippen molar-refractivity contribution in [1.82, 2.24) is 10.3 Å². The van der Waals surface area contributed by atoms with E-state index in [1.54, 1.807) is 0 Å². The Labute approximate surface area is 172 Å². The number of aromatic nitrogens is 1. The number of amides is 2. The number of rotatable bonds is 7. The van der Waals surface area contributed by atoms with Crippen LogP contribution in [0.1, 0.15) is 17.0 Å². The molecule has 1 aromatic heterocycles. The highest BCUT2D eigenvalue weighted by Gasteiger charge is 2.31. The van der Waals surface area contributed by atoms with E-state index in [4.69, 9.17) is 9.15 Å². The number of aryl methyl sites for hydroxylation is 1. The molecule has 0 saturated carbocycles. The van der Waals surface area contributed by atoms with Crippen LogP contribution in [0.15, 0.2) is 59.0 Å². The lowest BCUT2D eigenvalue weighted by Gasteiger charge is -2.08. The van der Waals surface area contributed by atoms with Gasteiger partial charge >= 0.3 is 0 Å². The third-order valence-electron chi connectivity index (χ3n) is 4.63. The first-order valence-corrected chi connectivity index (χ1v) is 10.2. The van der Waals surface area contributed by atoms with Crippen LogP contribution in [0.25, 0.3) is 11.5 Å². The van der Waals surface area contributed by atoms with Crippen LogP contribution in [-0.2, 0) is 17.6 Å². The van der Waals surface area contributed by atoms with Gasteiger partial charge < -0.3 is 9.15 Å². The summed E-state index contributed by atoms with van der Waals surface area (Å²) >= 11 is 1.04. The van der Waals surface area contributed by atoms with E-state index < -0.39 is 0 Å². The molecule has 1 aliphatic heterocycles. The van der Waals surface area contributed by atoms with Gasteiger partial charge in [-0.2, -0.15) is 0 Å². The minimum atomic E-state index is -0.358. The number of carbonyl (C=O) groups is 2.